The van der Waals surface area contributed by atoms with Crippen LogP contribution >= 0.6 is 0 Å². The van der Waals surface area contributed by atoms with Gasteiger partial charge in [0.05, 0.1) is 13.2 Å². The third-order valence-electron chi connectivity index (χ3n) is 2.40. The zero-order chi connectivity index (χ0) is 8.55. The van der Waals surface area contributed by atoms with Crippen molar-refractivity contribution in [2.45, 2.75) is 18.9 Å². The van der Waals surface area contributed by atoms with Crippen LogP contribution in [0.2, 0.25) is 0 Å². The van der Waals surface area contributed by atoms with E-state index in [0.717, 1.165) is 24.2 Å². The van der Waals surface area contributed by atoms with Gasteiger partial charge in [-0.15, -0.1) is 0 Å². The van der Waals surface area contributed by atoms with E-state index in [9.17, 15) is 5.11 Å². The van der Waals surface area contributed by atoms with E-state index in [1.807, 2.05) is 18.2 Å². The summed E-state index contributed by atoms with van der Waals surface area (Å²) < 4.78 is 5.08. The average Bonchev–Trinajstić information content (AvgIpc) is 2.47. The Balaban J connectivity index is 2.43. The largest absolute Gasteiger partial charge is 0.497 e. The number of ether oxygens (including phenoxy) is 1. The molecule has 1 aromatic carbocycles. The lowest BCUT2D eigenvalue weighted by molar-refractivity contribution is 0.179. The van der Waals surface area contributed by atoms with E-state index in [2.05, 4.69) is 0 Å². The van der Waals surface area contributed by atoms with Crippen LogP contribution < -0.4 is 4.74 Å². The van der Waals surface area contributed by atoms with Crippen LogP contribution in [0.1, 0.15) is 23.7 Å². The van der Waals surface area contributed by atoms with Gasteiger partial charge in [-0.1, -0.05) is 6.07 Å². The Morgan fingerprint density at radius 2 is 2.33 bits per heavy atom. The Morgan fingerprint density at radius 3 is 3.08 bits per heavy atom. The molecule has 0 saturated carbocycles. The molecule has 0 bridgehead atoms. The number of methoxy groups -OCH3 is 1. The van der Waals surface area contributed by atoms with Crippen molar-refractivity contribution in [2.75, 3.05) is 7.11 Å². The minimum Gasteiger partial charge on any atom is -0.497 e. The second kappa shape index (κ2) is 2.79. The zero-order valence-electron chi connectivity index (χ0n) is 7.08. The number of hydrogen-bond acceptors (Lipinski definition) is 2. The van der Waals surface area contributed by atoms with Gasteiger partial charge >= 0.3 is 0 Å². The highest BCUT2D eigenvalue weighted by Crippen LogP contribution is 2.33. The second-order valence-electron chi connectivity index (χ2n) is 3.12. The van der Waals surface area contributed by atoms with Gasteiger partial charge < -0.3 is 9.84 Å². The smallest absolute Gasteiger partial charge is 0.119 e. The molecule has 0 aliphatic heterocycles. The third kappa shape index (κ3) is 1.08. The summed E-state index contributed by atoms with van der Waals surface area (Å²) in [7, 11) is 1.64. The number of aliphatic hydroxyl groups is 1. The summed E-state index contributed by atoms with van der Waals surface area (Å²) in [5.41, 5.74) is 2.29. The van der Waals surface area contributed by atoms with Gasteiger partial charge in [-0.3, -0.25) is 0 Å². The van der Waals surface area contributed by atoms with E-state index in [0.29, 0.717) is 0 Å². The van der Waals surface area contributed by atoms with E-state index in [4.69, 9.17) is 4.74 Å². The number of aliphatic hydroxyl groups excluding tert-OH is 1. The van der Waals surface area contributed by atoms with Crippen LogP contribution in [-0.4, -0.2) is 12.2 Å². The van der Waals surface area contributed by atoms with Crippen LogP contribution in [0.5, 0.6) is 5.75 Å². The van der Waals surface area contributed by atoms with Crippen molar-refractivity contribution in [3.63, 3.8) is 0 Å². The monoisotopic (exact) mass is 164 g/mol. The minimum atomic E-state index is -0.282. The molecule has 0 spiro atoms. The summed E-state index contributed by atoms with van der Waals surface area (Å²) in [6.45, 7) is 0. The molecule has 1 aliphatic rings. The Hall–Kier alpha value is -1.02. The van der Waals surface area contributed by atoms with Crippen molar-refractivity contribution in [1.29, 1.82) is 0 Å². The Bertz CT molecular complexity index is 294. The number of rotatable bonds is 1. The number of hydrogen-bond donors (Lipinski definition) is 1. The molecule has 2 nitrogen and oxygen atoms in total. The van der Waals surface area contributed by atoms with Gasteiger partial charge in [0.15, 0.2) is 0 Å². The van der Waals surface area contributed by atoms with E-state index in [-0.39, 0.29) is 6.10 Å². The highest BCUT2D eigenvalue weighted by Gasteiger charge is 2.19. The van der Waals surface area contributed by atoms with Crippen LogP contribution in [0.3, 0.4) is 0 Å². The lowest BCUT2D eigenvalue weighted by Gasteiger charge is -2.05. The molecule has 2 heteroatoms. The first-order valence-corrected chi connectivity index (χ1v) is 4.16. The summed E-state index contributed by atoms with van der Waals surface area (Å²) in [6.07, 6.45) is 1.55. The quantitative estimate of drug-likeness (QED) is 0.684. The molecule has 1 atom stereocenters. The van der Waals surface area contributed by atoms with E-state index in [1.54, 1.807) is 7.11 Å². The molecule has 0 radical (unpaired) electrons. The number of aryl methyl sites for hydroxylation is 1. The first-order chi connectivity index (χ1) is 5.81. The molecular formula is C10H12O2. The van der Waals surface area contributed by atoms with Crippen molar-refractivity contribution in [3.05, 3.63) is 29.3 Å². The van der Waals surface area contributed by atoms with Gasteiger partial charge in [-0.05, 0) is 36.1 Å². The summed E-state index contributed by atoms with van der Waals surface area (Å²) >= 11 is 0. The van der Waals surface area contributed by atoms with E-state index >= 15 is 0 Å². The molecule has 0 aromatic heterocycles. The van der Waals surface area contributed by atoms with Gasteiger partial charge in [-0.2, -0.15) is 0 Å². The number of fused-ring (bicyclic) bond motifs is 1. The predicted octanol–water partition coefficient (Wildman–Crippen LogP) is 1.67. The first-order valence-electron chi connectivity index (χ1n) is 4.16. The van der Waals surface area contributed by atoms with Gasteiger partial charge in [-0.25, -0.2) is 0 Å². The molecule has 1 N–H and O–H groups in total. The Morgan fingerprint density at radius 1 is 1.50 bits per heavy atom. The fourth-order valence-corrected chi connectivity index (χ4v) is 1.69. The SMILES string of the molecule is COc1ccc2c(c1)[C@H](O)CC2. The van der Waals surface area contributed by atoms with E-state index in [1.165, 1.54) is 5.56 Å². The van der Waals surface area contributed by atoms with Crippen molar-refractivity contribution < 1.29 is 9.84 Å². The molecule has 1 aromatic rings. The van der Waals surface area contributed by atoms with Crippen LogP contribution in [0.4, 0.5) is 0 Å². The fraction of sp³-hybridized carbons (Fsp3) is 0.400. The lowest BCUT2D eigenvalue weighted by atomic mass is 10.1. The zero-order valence-corrected chi connectivity index (χ0v) is 7.08. The molecule has 0 fully saturated rings. The molecule has 0 unspecified atom stereocenters. The second-order valence-corrected chi connectivity index (χ2v) is 3.12. The standard InChI is InChI=1S/C10H12O2/c1-12-8-4-2-7-3-5-10(11)9(7)6-8/h2,4,6,10-11H,3,5H2,1H3/t10-/m1/s1. The van der Waals surface area contributed by atoms with Crippen LogP contribution in [0.25, 0.3) is 0 Å². The summed E-state index contributed by atoms with van der Waals surface area (Å²) in [4.78, 5) is 0. The first kappa shape index (κ1) is 7.62. The predicted molar refractivity (Wildman–Crippen MR) is 46.3 cm³/mol. The molecule has 0 amide bonds. The third-order valence-corrected chi connectivity index (χ3v) is 2.40. The van der Waals surface area contributed by atoms with Crippen molar-refractivity contribution >= 4 is 0 Å². The molecular weight excluding hydrogens is 152 g/mol. The molecule has 0 saturated heterocycles. The molecule has 12 heavy (non-hydrogen) atoms. The normalized spacial score (nSPS) is 20.7. The summed E-state index contributed by atoms with van der Waals surface area (Å²) in [5, 5.41) is 9.55. The summed E-state index contributed by atoms with van der Waals surface area (Å²) in [6, 6.07) is 5.90. The maximum Gasteiger partial charge on any atom is 0.119 e. The molecule has 0 heterocycles. The van der Waals surface area contributed by atoms with Crippen molar-refractivity contribution in [1.82, 2.24) is 0 Å². The lowest BCUT2D eigenvalue weighted by Crippen LogP contribution is -1.91. The van der Waals surface area contributed by atoms with Gasteiger partial charge in [0.2, 0.25) is 0 Å². The minimum absolute atomic E-state index is 0.282. The highest BCUT2D eigenvalue weighted by molar-refractivity contribution is 5.39. The molecule has 64 valence electrons. The van der Waals surface area contributed by atoms with E-state index < -0.39 is 0 Å². The Labute approximate surface area is 71.8 Å². The maximum atomic E-state index is 9.55. The van der Waals surface area contributed by atoms with Gasteiger partial charge in [0, 0.05) is 0 Å². The highest BCUT2D eigenvalue weighted by atomic mass is 16.5. The van der Waals surface area contributed by atoms with Gasteiger partial charge in [0.25, 0.3) is 0 Å². The summed E-state index contributed by atoms with van der Waals surface area (Å²) in [5.74, 6) is 0.828. The molecule has 1 aliphatic carbocycles. The Kier molecular flexibility index (Phi) is 1.77. The average molecular weight is 164 g/mol. The maximum absolute atomic E-state index is 9.55. The number of benzene rings is 1. The van der Waals surface area contributed by atoms with Crippen molar-refractivity contribution in [3.8, 4) is 5.75 Å². The molecule has 2 rings (SSSR count). The van der Waals surface area contributed by atoms with Crippen LogP contribution in [0, 0.1) is 0 Å². The van der Waals surface area contributed by atoms with Crippen LogP contribution in [-0.2, 0) is 6.42 Å². The van der Waals surface area contributed by atoms with Crippen LogP contribution in [0.15, 0.2) is 18.2 Å². The van der Waals surface area contributed by atoms with Crippen molar-refractivity contribution in [2.24, 2.45) is 0 Å². The fourth-order valence-electron chi connectivity index (χ4n) is 1.69. The topological polar surface area (TPSA) is 29.5 Å². The van der Waals surface area contributed by atoms with Gasteiger partial charge in [0.1, 0.15) is 5.75 Å².